The van der Waals surface area contributed by atoms with Crippen LogP contribution in [0, 0.1) is 23.7 Å². The predicted octanol–water partition coefficient (Wildman–Crippen LogP) is 3.58. The number of aliphatic carboxylic acids is 1. The minimum Gasteiger partial charge on any atom is -0.478 e. The van der Waals surface area contributed by atoms with E-state index in [4.69, 9.17) is 5.11 Å². The maximum Gasteiger partial charge on any atom is 0.332 e. The molecule has 4 rings (SSSR count). The largest absolute Gasteiger partial charge is 0.478 e. The topological polar surface area (TPSA) is 37.3 Å². The monoisotopic (exact) mass is 266 g/mol. The minimum absolute atomic E-state index is 0.578. The summed E-state index contributed by atoms with van der Waals surface area (Å²) in [6.07, 6.45) is 8.92. The first-order valence-corrected chi connectivity index (χ1v) is 8.22. The minimum atomic E-state index is -0.742. The fourth-order valence-electron chi connectivity index (χ4n) is 4.60. The Morgan fingerprint density at radius 1 is 1.17 bits per heavy atom. The van der Waals surface area contributed by atoms with Crippen molar-refractivity contribution in [3.05, 3.63) is 11.6 Å². The van der Waals surface area contributed by atoms with Gasteiger partial charge in [-0.15, -0.1) is 0 Å². The van der Waals surface area contributed by atoms with Crippen molar-refractivity contribution in [1.82, 2.24) is 0 Å². The highest BCUT2D eigenvalue weighted by Crippen LogP contribution is 2.57. The smallest absolute Gasteiger partial charge is 0.332 e. The summed E-state index contributed by atoms with van der Waals surface area (Å²) in [4.78, 5) is 11.0. The van der Waals surface area contributed by atoms with Gasteiger partial charge in [0.25, 0.3) is 0 Å². The molecule has 0 aromatic carbocycles. The number of carboxylic acids is 1. The molecule has 4 bridgehead atoms. The third kappa shape index (κ3) is 2.22. The molecule has 18 heavy (non-hydrogen) atoms. The molecular formula is C15H22O2S. The Bertz CT molecular complexity index is 347. The van der Waals surface area contributed by atoms with E-state index in [0.717, 1.165) is 28.9 Å². The second-order valence-corrected chi connectivity index (χ2v) is 7.49. The summed E-state index contributed by atoms with van der Waals surface area (Å²) in [5, 5.41) is 9.82. The summed E-state index contributed by atoms with van der Waals surface area (Å²) in [5.41, 5.74) is 0.578. The summed E-state index contributed by atoms with van der Waals surface area (Å²) in [6.45, 7) is 1.83. The first kappa shape index (κ1) is 12.6. The Labute approximate surface area is 113 Å². The zero-order valence-electron chi connectivity index (χ0n) is 11.0. The second-order valence-electron chi connectivity index (χ2n) is 6.33. The van der Waals surface area contributed by atoms with Crippen LogP contribution in [0.15, 0.2) is 11.6 Å². The fraction of sp³-hybridized carbons (Fsp3) is 0.800. The lowest BCUT2D eigenvalue weighted by Gasteiger charge is -2.54. The number of hydrogen-bond donors (Lipinski definition) is 1. The van der Waals surface area contributed by atoms with Gasteiger partial charge >= 0.3 is 5.97 Å². The molecule has 100 valence electrons. The van der Waals surface area contributed by atoms with E-state index in [2.05, 4.69) is 0 Å². The van der Waals surface area contributed by atoms with Crippen LogP contribution >= 0.6 is 11.8 Å². The normalized spacial score (nSPS) is 42.3. The first-order chi connectivity index (χ1) is 8.67. The van der Waals surface area contributed by atoms with Crippen LogP contribution in [0.2, 0.25) is 0 Å². The SMILES string of the molecule is C/C=C(\CSC1C2CC3CC(C2)CC1C3)C(=O)O. The number of thioether (sulfide) groups is 1. The number of allylic oxidation sites excluding steroid dienone is 1. The second kappa shape index (κ2) is 4.92. The lowest BCUT2D eigenvalue weighted by molar-refractivity contribution is -0.132. The van der Waals surface area contributed by atoms with Crippen LogP contribution in [0.5, 0.6) is 0 Å². The highest BCUT2D eigenvalue weighted by molar-refractivity contribution is 8.00. The van der Waals surface area contributed by atoms with Gasteiger partial charge in [0.15, 0.2) is 0 Å². The molecule has 0 amide bonds. The number of carboxylic acid groups (broad SMARTS) is 1. The van der Waals surface area contributed by atoms with E-state index in [1.54, 1.807) is 6.08 Å². The van der Waals surface area contributed by atoms with Crippen molar-refractivity contribution in [3.8, 4) is 0 Å². The molecule has 4 fully saturated rings. The van der Waals surface area contributed by atoms with Gasteiger partial charge in [-0.25, -0.2) is 4.79 Å². The Balaban J connectivity index is 1.62. The molecular weight excluding hydrogens is 244 g/mol. The van der Waals surface area contributed by atoms with Crippen molar-refractivity contribution >= 4 is 17.7 Å². The predicted molar refractivity (Wildman–Crippen MR) is 74.7 cm³/mol. The molecule has 1 N–H and O–H groups in total. The maximum absolute atomic E-state index is 11.0. The van der Waals surface area contributed by atoms with Gasteiger partial charge in [-0.2, -0.15) is 11.8 Å². The van der Waals surface area contributed by atoms with Gasteiger partial charge < -0.3 is 5.11 Å². The zero-order valence-corrected chi connectivity index (χ0v) is 11.8. The highest BCUT2D eigenvalue weighted by Gasteiger charge is 2.48. The first-order valence-electron chi connectivity index (χ1n) is 7.17. The van der Waals surface area contributed by atoms with E-state index in [9.17, 15) is 4.79 Å². The Morgan fingerprint density at radius 2 is 1.72 bits per heavy atom. The van der Waals surface area contributed by atoms with Crippen LogP contribution in [-0.2, 0) is 4.79 Å². The molecule has 0 saturated heterocycles. The molecule has 0 heterocycles. The van der Waals surface area contributed by atoms with Gasteiger partial charge in [0.05, 0.1) is 0 Å². The van der Waals surface area contributed by atoms with Crippen LogP contribution in [0.3, 0.4) is 0 Å². The Hall–Kier alpha value is -0.440. The van der Waals surface area contributed by atoms with Gasteiger partial charge in [0, 0.05) is 16.6 Å². The molecule has 4 aliphatic carbocycles. The van der Waals surface area contributed by atoms with Crippen LogP contribution < -0.4 is 0 Å². The van der Waals surface area contributed by atoms with Gasteiger partial charge in [0.2, 0.25) is 0 Å². The molecule has 4 aliphatic rings. The lowest BCUT2D eigenvalue weighted by Crippen LogP contribution is -2.47. The molecule has 2 nitrogen and oxygen atoms in total. The third-order valence-corrected chi connectivity index (χ3v) is 6.83. The van der Waals surface area contributed by atoms with E-state index in [1.165, 1.54) is 32.1 Å². The van der Waals surface area contributed by atoms with Crippen molar-refractivity contribution in [2.75, 3.05) is 5.75 Å². The highest BCUT2D eigenvalue weighted by atomic mass is 32.2. The van der Waals surface area contributed by atoms with E-state index < -0.39 is 5.97 Å². The molecule has 4 saturated carbocycles. The van der Waals surface area contributed by atoms with Gasteiger partial charge in [-0.1, -0.05) is 6.08 Å². The van der Waals surface area contributed by atoms with Gasteiger partial charge in [0.1, 0.15) is 0 Å². The number of carbonyl (C=O) groups is 1. The maximum atomic E-state index is 11.0. The van der Waals surface area contributed by atoms with E-state index in [0.29, 0.717) is 11.3 Å². The van der Waals surface area contributed by atoms with Crippen LogP contribution in [0.1, 0.15) is 39.0 Å². The molecule has 0 aromatic heterocycles. The van der Waals surface area contributed by atoms with E-state index in [1.807, 2.05) is 18.7 Å². The Morgan fingerprint density at radius 3 is 2.17 bits per heavy atom. The van der Waals surface area contributed by atoms with Crippen molar-refractivity contribution < 1.29 is 9.90 Å². The molecule has 0 aromatic rings. The van der Waals surface area contributed by atoms with E-state index >= 15 is 0 Å². The Kier molecular flexibility index (Phi) is 3.44. The van der Waals surface area contributed by atoms with Crippen molar-refractivity contribution in [1.29, 1.82) is 0 Å². The van der Waals surface area contributed by atoms with E-state index in [-0.39, 0.29) is 0 Å². The summed E-state index contributed by atoms with van der Waals surface area (Å²) < 4.78 is 0. The van der Waals surface area contributed by atoms with Crippen LogP contribution in [-0.4, -0.2) is 22.1 Å². The fourth-order valence-corrected chi connectivity index (χ4v) is 6.25. The number of hydrogen-bond acceptors (Lipinski definition) is 2. The standard InChI is InChI=1S/C15H22O2S/c1-2-11(15(16)17)8-18-14-12-4-9-3-10(6-12)7-13(14)5-9/h2,9-10,12-14H,3-8H2,1H3,(H,16,17)/b11-2+. The van der Waals surface area contributed by atoms with Crippen molar-refractivity contribution in [2.45, 2.75) is 44.3 Å². The summed E-state index contributed by atoms with van der Waals surface area (Å²) in [5.74, 6) is 3.74. The average Bonchev–Trinajstić information content (AvgIpc) is 2.31. The molecule has 0 unspecified atom stereocenters. The lowest BCUT2D eigenvalue weighted by atomic mass is 9.56. The average molecular weight is 266 g/mol. The molecule has 0 atom stereocenters. The van der Waals surface area contributed by atoms with Crippen molar-refractivity contribution in [2.24, 2.45) is 23.7 Å². The molecule has 0 spiro atoms. The van der Waals surface area contributed by atoms with Crippen molar-refractivity contribution in [3.63, 3.8) is 0 Å². The quantitative estimate of drug-likeness (QED) is 0.790. The summed E-state index contributed by atoms with van der Waals surface area (Å²) in [6, 6.07) is 0. The third-order valence-electron chi connectivity index (χ3n) is 5.19. The summed E-state index contributed by atoms with van der Waals surface area (Å²) in [7, 11) is 0. The van der Waals surface area contributed by atoms with Gasteiger partial charge in [-0.3, -0.25) is 0 Å². The van der Waals surface area contributed by atoms with Crippen LogP contribution in [0.4, 0.5) is 0 Å². The number of rotatable bonds is 4. The van der Waals surface area contributed by atoms with Gasteiger partial charge in [-0.05, 0) is 62.7 Å². The summed E-state index contributed by atoms with van der Waals surface area (Å²) >= 11 is 1.92. The molecule has 0 radical (unpaired) electrons. The zero-order chi connectivity index (χ0) is 12.7. The van der Waals surface area contributed by atoms with Crippen LogP contribution in [0.25, 0.3) is 0 Å². The molecule has 0 aliphatic heterocycles. The molecule has 3 heteroatoms.